The van der Waals surface area contributed by atoms with Crippen molar-refractivity contribution in [3.63, 3.8) is 0 Å². The first kappa shape index (κ1) is 22.0. The summed E-state index contributed by atoms with van der Waals surface area (Å²) in [5.74, 6) is -0.403. The van der Waals surface area contributed by atoms with Gasteiger partial charge in [0.05, 0.1) is 5.38 Å². The highest BCUT2D eigenvalue weighted by molar-refractivity contribution is 6.22. The predicted molar refractivity (Wildman–Crippen MR) is 117 cm³/mol. The summed E-state index contributed by atoms with van der Waals surface area (Å²) in [4.78, 5) is 48.7. The maximum absolute atomic E-state index is 13.7. The fraction of sp³-hybridized carbons (Fsp3) is 0.522. The van der Waals surface area contributed by atoms with Crippen LogP contribution in [0.3, 0.4) is 0 Å². The molecule has 4 atom stereocenters. The molecule has 3 aliphatic rings. The number of alkyl halides is 1. The van der Waals surface area contributed by atoms with Crippen molar-refractivity contribution in [3.8, 4) is 11.5 Å². The number of fused-ring (bicyclic) bond motifs is 1. The lowest BCUT2D eigenvalue weighted by molar-refractivity contribution is -0.139. The maximum Gasteiger partial charge on any atom is 0.287 e. The van der Waals surface area contributed by atoms with E-state index in [1.54, 1.807) is 24.4 Å². The fourth-order valence-corrected chi connectivity index (χ4v) is 5.46. The first-order valence-electron chi connectivity index (χ1n) is 11.3. The average molecular weight is 473 g/mol. The minimum absolute atomic E-state index is 0.0169. The standard InChI is InChI=1S/C23H25ClN4O5/c24-14-10-28(20-16(29)11-32-21(14)20)23(31)19(13-4-2-1-3-5-13)27-22(30)18-7-6-17(33-18)15-8-9-25-12-26-15/h6-9,12-14,19-21H,1-5,10-11H2,(H,27,30)/t14-,19-,20+,21+/m0/s1. The molecule has 9 nitrogen and oxygen atoms in total. The molecule has 1 aliphatic carbocycles. The molecule has 2 aromatic heterocycles. The Hall–Kier alpha value is -2.78. The van der Waals surface area contributed by atoms with Gasteiger partial charge in [-0.05, 0) is 37.0 Å². The van der Waals surface area contributed by atoms with Crippen LogP contribution in [0.15, 0.2) is 35.1 Å². The number of nitrogens with zero attached hydrogens (tertiary/aromatic N) is 3. The van der Waals surface area contributed by atoms with Crippen LogP contribution in [0.2, 0.25) is 0 Å². The van der Waals surface area contributed by atoms with Crippen molar-refractivity contribution in [1.82, 2.24) is 20.2 Å². The van der Waals surface area contributed by atoms with Crippen LogP contribution in [0.25, 0.3) is 11.5 Å². The van der Waals surface area contributed by atoms with Crippen molar-refractivity contribution >= 4 is 29.2 Å². The summed E-state index contributed by atoms with van der Waals surface area (Å²) in [6.45, 7) is 0.181. The number of halogens is 1. The van der Waals surface area contributed by atoms with Gasteiger partial charge in [-0.15, -0.1) is 11.6 Å². The van der Waals surface area contributed by atoms with Gasteiger partial charge in [0.25, 0.3) is 5.91 Å². The molecule has 5 rings (SSSR count). The summed E-state index contributed by atoms with van der Waals surface area (Å²) in [6, 6.07) is 3.45. The molecule has 2 amide bonds. The van der Waals surface area contributed by atoms with E-state index in [0.717, 1.165) is 32.1 Å². The zero-order chi connectivity index (χ0) is 22.9. The van der Waals surface area contributed by atoms with Gasteiger partial charge < -0.3 is 19.4 Å². The largest absolute Gasteiger partial charge is 0.449 e. The first-order valence-corrected chi connectivity index (χ1v) is 11.7. The molecule has 2 saturated heterocycles. The van der Waals surface area contributed by atoms with E-state index in [9.17, 15) is 14.4 Å². The molecular weight excluding hydrogens is 448 g/mol. The first-order chi connectivity index (χ1) is 16.0. The van der Waals surface area contributed by atoms with E-state index in [1.807, 2.05) is 0 Å². The molecule has 174 valence electrons. The van der Waals surface area contributed by atoms with Crippen LogP contribution in [0, 0.1) is 5.92 Å². The lowest BCUT2D eigenvalue weighted by Crippen LogP contribution is -2.55. The monoisotopic (exact) mass is 472 g/mol. The van der Waals surface area contributed by atoms with E-state index in [4.69, 9.17) is 20.8 Å². The van der Waals surface area contributed by atoms with Gasteiger partial charge >= 0.3 is 0 Å². The molecule has 1 N–H and O–H groups in total. The zero-order valence-corrected chi connectivity index (χ0v) is 18.7. The Kier molecular flexibility index (Phi) is 6.16. The molecule has 0 aromatic carbocycles. The highest BCUT2D eigenvalue weighted by Gasteiger charge is 2.53. The highest BCUT2D eigenvalue weighted by Crippen LogP contribution is 2.34. The molecule has 0 spiro atoms. The van der Waals surface area contributed by atoms with Crippen molar-refractivity contribution in [2.24, 2.45) is 5.92 Å². The predicted octanol–water partition coefficient (Wildman–Crippen LogP) is 2.20. The normalized spacial score (nSPS) is 26.3. The Labute approximate surface area is 195 Å². The lowest BCUT2D eigenvalue weighted by Gasteiger charge is -2.34. The van der Waals surface area contributed by atoms with Crippen molar-refractivity contribution in [2.45, 2.75) is 55.7 Å². The number of ketones is 1. The Bertz CT molecular complexity index is 1040. The second kappa shape index (κ2) is 9.23. The van der Waals surface area contributed by atoms with Crippen LogP contribution in [-0.4, -0.2) is 69.2 Å². The van der Waals surface area contributed by atoms with E-state index in [0.29, 0.717) is 11.5 Å². The minimum atomic E-state index is -0.763. The molecule has 2 aliphatic heterocycles. The molecule has 10 heteroatoms. The molecule has 0 bridgehead atoms. The number of ether oxygens (including phenoxy) is 1. The van der Waals surface area contributed by atoms with Gasteiger partial charge in [-0.25, -0.2) is 9.97 Å². The summed E-state index contributed by atoms with van der Waals surface area (Å²) in [5.41, 5.74) is 0.556. The van der Waals surface area contributed by atoms with Gasteiger partial charge in [-0.2, -0.15) is 0 Å². The van der Waals surface area contributed by atoms with Crippen LogP contribution in [0.1, 0.15) is 42.7 Å². The van der Waals surface area contributed by atoms with Crippen LogP contribution in [0.5, 0.6) is 0 Å². The van der Waals surface area contributed by atoms with E-state index in [1.165, 1.54) is 11.2 Å². The number of likely N-dealkylation sites (tertiary alicyclic amines) is 1. The highest BCUT2D eigenvalue weighted by atomic mass is 35.5. The summed E-state index contributed by atoms with van der Waals surface area (Å²) in [6.07, 6.45) is 7.25. The number of amides is 2. The van der Waals surface area contributed by atoms with E-state index >= 15 is 0 Å². The van der Waals surface area contributed by atoms with Crippen molar-refractivity contribution in [3.05, 3.63) is 36.5 Å². The van der Waals surface area contributed by atoms with Gasteiger partial charge in [0.2, 0.25) is 5.91 Å². The Morgan fingerprint density at radius 1 is 1.18 bits per heavy atom. The third-order valence-corrected chi connectivity index (χ3v) is 7.13. The average Bonchev–Trinajstić information content (AvgIpc) is 3.56. The summed E-state index contributed by atoms with van der Waals surface area (Å²) >= 11 is 6.39. The van der Waals surface area contributed by atoms with Crippen LogP contribution >= 0.6 is 11.6 Å². The number of carbonyl (C=O) groups is 3. The lowest BCUT2D eigenvalue weighted by atomic mass is 9.83. The quantitative estimate of drug-likeness (QED) is 0.663. The summed E-state index contributed by atoms with van der Waals surface area (Å²) in [5, 5.41) is 2.45. The van der Waals surface area contributed by atoms with Crippen molar-refractivity contribution < 1.29 is 23.5 Å². The van der Waals surface area contributed by atoms with E-state index < -0.39 is 29.5 Å². The molecule has 1 saturated carbocycles. The number of nitrogens with one attached hydrogen (secondary N) is 1. The van der Waals surface area contributed by atoms with Gasteiger partial charge in [0, 0.05) is 12.7 Å². The molecule has 2 aromatic rings. The number of rotatable bonds is 5. The number of furan rings is 1. The number of hydrogen-bond acceptors (Lipinski definition) is 7. The van der Waals surface area contributed by atoms with Crippen molar-refractivity contribution in [2.75, 3.05) is 13.2 Å². The third kappa shape index (κ3) is 4.27. The molecule has 33 heavy (non-hydrogen) atoms. The van der Waals surface area contributed by atoms with Gasteiger partial charge in [-0.1, -0.05) is 19.3 Å². The maximum atomic E-state index is 13.7. The molecule has 4 heterocycles. The molecule has 0 unspecified atom stereocenters. The zero-order valence-electron chi connectivity index (χ0n) is 18.0. The minimum Gasteiger partial charge on any atom is -0.449 e. The molecule has 3 fully saturated rings. The SMILES string of the molecule is O=C(N[C@H](C(=O)N1C[C@H](Cl)[C@H]2OCC(=O)[C@H]21)C1CCCCC1)c1ccc(-c2ccncn2)o1. The molecular formula is C23H25ClN4O5. The number of aromatic nitrogens is 2. The van der Waals surface area contributed by atoms with E-state index in [2.05, 4.69) is 15.3 Å². The van der Waals surface area contributed by atoms with Crippen molar-refractivity contribution in [1.29, 1.82) is 0 Å². The van der Waals surface area contributed by atoms with Crippen LogP contribution in [0.4, 0.5) is 0 Å². The second-order valence-electron chi connectivity index (χ2n) is 8.80. The Morgan fingerprint density at radius 2 is 2.00 bits per heavy atom. The number of carbonyl (C=O) groups excluding carboxylic acids is 3. The van der Waals surface area contributed by atoms with Crippen LogP contribution in [-0.2, 0) is 14.3 Å². The second-order valence-corrected chi connectivity index (χ2v) is 9.36. The Morgan fingerprint density at radius 3 is 2.76 bits per heavy atom. The Balaban J connectivity index is 1.37. The van der Waals surface area contributed by atoms with Gasteiger partial charge in [0.1, 0.15) is 36.8 Å². The smallest absolute Gasteiger partial charge is 0.287 e. The van der Waals surface area contributed by atoms with Gasteiger partial charge in [0.15, 0.2) is 17.3 Å². The fourth-order valence-electron chi connectivity index (χ4n) is 5.10. The summed E-state index contributed by atoms with van der Waals surface area (Å²) < 4.78 is 11.2. The number of Topliss-reactive ketones (excluding diaryl/α,β-unsaturated/α-hetero) is 1. The molecule has 0 radical (unpaired) electrons. The van der Waals surface area contributed by atoms with Gasteiger partial charge in [-0.3, -0.25) is 14.4 Å². The third-order valence-electron chi connectivity index (χ3n) is 6.74. The summed E-state index contributed by atoms with van der Waals surface area (Å²) in [7, 11) is 0. The topological polar surface area (TPSA) is 115 Å². The number of hydrogen-bond donors (Lipinski definition) is 1. The van der Waals surface area contributed by atoms with E-state index in [-0.39, 0.29) is 36.5 Å². The van der Waals surface area contributed by atoms with Crippen LogP contribution < -0.4 is 5.32 Å².